The van der Waals surface area contributed by atoms with Crippen LogP contribution < -0.4 is 11.1 Å². The van der Waals surface area contributed by atoms with Gasteiger partial charge in [-0.15, -0.1) is 0 Å². The van der Waals surface area contributed by atoms with Crippen LogP contribution in [0.5, 0.6) is 0 Å². The highest BCUT2D eigenvalue weighted by Gasteiger charge is 2.32. The predicted molar refractivity (Wildman–Crippen MR) is 50.7 cm³/mol. The summed E-state index contributed by atoms with van der Waals surface area (Å²) in [7, 11) is 0. The topological polar surface area (TPSA) is 109 Å². The quantitative estimate of drug-likeness (QED) is 0.539. The first-order valence-electron chi connectivity index (χ1n) is 4.82. The molecule has 4 N–H and O–H groups in total. The van der Waals surface area contributed by atoms with E-state index >= 15 is 0 Å². The van der Waals surface area contributed by atoms with Gasteiger partial charge in [0.1, 0.15) is 6.04 Å². The number of carbonyl (C=O) groups excluding carboxylic acids is 2. The predicted octanol–water partition coefficient (Wildman–Crippen LogP) is -0.769. The molecule has 1 fully saturated rings. The maximum absolute atomic E-state index is 11.3. The Bertz CT molecular complexity index is 286. The van der Waals surface area contributed by atoms with Crippen LogP contribution in [0.4, 0.5) is 0 Å². The number of nitrogens with two attached hydrogens (primary N) is 1. The zero-order chi connectivity index (χ0) is 11.4. The third kappa shape index (κ3) is 3.97. The zero-order valence-electron chi connectivity index (χ0n) is 8.23. The van der Waals surface area contributed by atoms with Crippen molar-refractivity contribution < 1.29 is 19.5 Å². The minimum Gasteiger partial charge on any atom is -0.480 e. The molecule has 0 aromatic heterocycles. The molecule has 0 bridgehead atoms. The van der Waals surface area contributed by atoms with Crippen molar-refractivity contribution in [2.24, 2.45) is 11.7 Å². The van der Waals surface area contributed by atoms with Gasteiger partial charge in [0.25, 0.3) is 0 Å². The van der Waals surface area contributed by atoms with E-state index in [2.05, 4.69) is 5.32 Å². The van der Waals surface area contributed by atoms with Crippen LogP contribution in [0.2, 0.25) is 0 Å². The highest BCUT2D eigenvalue weighted by atomic mass is 16.4. The summed E-state index contributed by atoms with van der Waals surface area (Å²) in [5, 5.41) is 11.2. The standard InChI is InChI=1S/C9H14N2O4/c10-7(12)4-3-6(9(14)15)11-8(13)5-1-2-5/h5-6H,1-4H2,(H2,10,12)(H,11,13)(H,14,15)/t6-/m0/s1. The number of rotatable bonds is 6. The van der Waals surface area contributed by atoms with E-state index in [0.29, 0.717) is 0 Å². The Kier molecular flexibility index (Phi) is 3.65. The molecule has 1 saturated carbocycles. The Hall–Kier alpha value is -1.59. The van der Waals surface area contributed by atoms with Crippen LogP contribution in [-0.2, 0) is 14.4 Å². The smallest absolute Gasteiger partial charge is 0.326 e. The summed E-state index contributed by atoms with van der Waals surface area (Å²) in [6.07, 6.45) is 1.63. The van der Waals surface area contributed by atoms with E-state index in [-0.39, 0.29) is 24.7 Å². The van der Waals surface area contributed by atoms with Gasteiger partial charge in [0, 0.05) is 12.3 Å². The Morgan fingerprint density at radius 1 is 1.40 bits per heavy atom. The van der Waals surface area contributed by atoms with E-state index in [1.165, 1.54) is 0 Å². The Labute approximate surface area is 86.8 Å². The second-order valence-electron chi connectivity index (χ2n) is 3.68. The molecule has 1 aliphatic carbocycles. The lowest BCUT2D eigenvalue weighted by molar-refractivity contribution is -0.142. The summed E-state index contributed by atoms with van der Waals surface area (Å²) in [5.74, 6) is -1.99. The van der Waals surface area contributed by atoms with E-state index in [1.807, 2.05) is 0 Å². The molecule has 6 nitrogen and oxygen atoms in total. The van der Waals surface area contributed by atoms with Gasteiger partial charge >= 0.3 is 5.97 Å². The van der Waals surface area contributed by atoms with Gasteiger partial charge in [0.05, 0.1) is 0 Å². The highest BCUT2D eigenvalue weighted by Crippen LogP contribution is 2.28. The van der Waals surface area contributed by atoms with Crippen molar-refractivity contribution in [3.63, 3.8) is 0 Å². The lowest BCUT2D eigenvalue weighted by atomic mass is 10.1. The van der Waals surface area contributed by atoms with E-state index in [4.69, 9.17) is 10.8 Å². The van der Waals surface area contributed by atoms with E-state index in [1.54, 1.807) is 0 Å². The van der Waals surface area contributed by atoms with Crippen molar-refractivity contribution in [3.8, 4) is 0 Å². The molecule has 0 heterocycles. The fourth-order valence-corrected chi connectivity index (χ4v) is 1.18. The van der Waals surface area contributed by atoms with Gasteiger partial charge in [-0.1, -0.05) is 0 Å². The van der Waals surface area contributed by atoms with Gasteiger partial charge in [-0.3, -0.25) is 9.59 Å². The van der Waals surface area contributed by atoms with Crippen LogP contribution in [0.15, 0.2) is 0 Å². The summed E-state index contributed by atoms with van der Waals surface area (Å²) in [6, 6.07) is -1.01. The third-order valence-electron chi connectivity index (χ3n) is 2.24. The summed E-state index contributed by atoms with van der Waals surface area (Å²) >= 11 is 0. The Balaban J connectivity index is 2.38. The average Bonchev–Trinajstić information content (AvgIpc) is 2.93. The SMILES string of the molecule is NC(=O)CC[C@H](NC(=O)C1CC1)C(=O)O. The molecular weight excluding hydrogens is 200 g/mol. The molecule has 15 heavy (non-hydrogen) atoms. The van der Waals surface area contributed by atoms with Gasteiger partial charge in [0.2, 0.25) is 11.8 Å². The number of hydrogen-bond acceptors (Lipinski definition) is 3. The molecule has 0 spiro atoms. The number of carboxylic acids is 1. The van der Waals surface area contributed by atoms with Crippen molar-refractivity contribution >= 4 is 17.8 Å². The molecule has 1 rings (SSSR count). The molecule has 0 radical (unpaired) electrons. The molecule has 1 atom stereocenters. The van der Waals surface area contributed by atoms with E-state index in [0.717, 1.165) is 12.8 Å². The largest absolute Gasteiger partial charge is 0.480 e. The van der Waals surface area contributed by atoms with Crippen LogP contribution >= 0.6 is 0 Å². The molecule has 1 aliphatic rings. The molecule has 2 amide bonds. The van der Waals surface area contributed by atoms with Gasteiger partial charge < -0.3 is 16.2 Å². The van der Waals surface area contributed by atoms with Gasteiger partial charge in [0.15, 0.2) is 0 Å². The molecule has 84 valence electrons. The maximum atomic E-state index is 11.3. The fraction of sp³-hybridized carbons (Fsp3) is 0.667. The summed E-state index contributed by atoms with van der Waals surface area (Å²) in [6.45, 7) is 0. The van der Waals surface area contributed by atoms with Crippen molar-refractivity contribution in [1.82, 2.24) is 5.32 Å². The van der Waals surface area contributed by atoms with Crippen LogP contribution in [-0.4, -0.2) is 28.9 Å². The second-order valence-corrected chi connectivity index (χ2v) is 3.68. The van der Waals surface area contributed by atoms with Crippen LogP contribution in [0, 0.1) is 5.92 Å². The van der Waals surface area contributed by atoms with Gasteiger partial charge in [-0.25, -0.2) is 4.79 Å². The van der Waals surface area contributed by atoms with E-state index < -0.39 is 17.9 Å². The van der Waals surface area contributed by atoms with Crippen LogP contribution in [0.25, 0.3) is 0 Å². The van der Waals surface area contributed by atoms with Crippen LogP contribution in [0.1, 0.15) is 25.7 Å². The van der Waals surface area contributed by atoms with Crippen molar-refractivity contribution in [2.45, 2.75) is 31.7 Å². The summed E-state index contributed by atoms with van der Waals surface area (Å²) in [5.41, 5.74) is 4.90. The van der Waals surface area contributed by atoms with Crippen LogP contribution in [0.3, 0.4) is 0 Å². The normalized spacial score (nSPS) is 16.8. The lowest BCUT2D eigenvalue weighted by Crippen LogP contribution is -2.42. The first-order chi connectivity index (χ1) is 7.00. The number of carboxylic acid groups (broad SMARTS) is 1. The van der Waals surface area contributed by atoms with E-state index in [9.17, 15) is 14.4 Å². The monoisotopic (exact) mass is 214 g/mol. The fourth-order valence-electron chi connectivity index (χ4n) is 1.18. The highest BCUT2D eigenvalue weighted by molar-refractivity contribution is 5.86. The molecule has 6 heteroatoms. The third-order valence-corrected chi connectivity index (χ3v) is 2.24. The average molecular weight is 214 g/mol. The maximum Gasteiger partial charge on any atom is 0.326 e. The lowest BCUT2D eigenvalue weighted by Gasteiger charge is -2.13. The number of primary amides is 1. The minimum atomic E-state index is -1.13. The number of hydrogen-bond donors (Lipinski definition) is 3. The summed E-state index contributed by atoms with van der Waals surface area (Å²) < 4.78 is 0. The Morgan fingerprint density at radius 2 is 2.00 bits per heavy atom. The second kappa shape index (κ2) is 4.77. The molecule has 0 aromatic carbocycles. The zero-order valence-corrected chi connectivity index (χ0v) is 8.23. The molecule has 0 saturated heterocycles. The molecule has 0 aromatic rings. The molecular formula is C9H14N2O4. The van der Waals surface area contributed by atoms with Crippen molar-refractivity contribution in [1.29, 1.82) is 0 Å². The summed E-state index contributed by atoms with van der Waals surface area (Å²) in [4.78, 5) is 32.5. The number of amides is 2. The number of nitrogens with one attached hydrogen (secondary N) is 1. The first kappa shape index (κ1) is 11.5. The van der Waals surface area contributed by atoms with Gasteiger partial charge in [-0.05, 0) is 19.3 Å². The minimum absolute atomic E-state index is 0.0398. The van der Waals surface area contributed by atoms with Crippen molar-refractivity contribution in [3.05, 3.63) is 0 Å². The number of carbonyl (C=O) groups is 3. The number of aliphatic carboxylic acids is 1. The molecule has 0 unspecified atom stereocenters. The first-order valence-corrected chi connectivity index (χ1v) is 4.82. The van der Waals surface area contributed by atoms with Gasteiger partial charge in [-0.2, -0.15) is 0 Å². The Morgan fingerprint density at radius 3 is 2.40 bits per heavy atom. The van der Waals surface area contributed by atoms with Crippen molar-refractivity contribution in [2.75, 3.05) is 0 Å². The molecule has 0 aliphatic heterocycles.